The van der Waals surface area contributed by atoms with E-state index in [1.807, 2.05) is 34.6 Å². The smallest absolute Gasteiger partial charge is 0.417 e. The first-order valence-corrected chi connectivity index (χ1v) is 9.83. The molecule has 30 heavy (non-hydrogen) atoms. The molecule has 0 bridgehead atoms. The molecule has 2 aromatic rings. The molecule has 0 aliphatic heterocycles. The number of nitrogens with zero attached hydrogens (tertiary/aromatic N) is 1. The molecule has 0 spiro atoms. The molecule has 1 unspecified atom stereocenters. The number of carbonyl (C=O) groups is 1. The standard InChI is InChI=1S/C21H24F3NO3.C2H6/c1-12-10-15(21(22,23)24)17(18(26)25(12)5)14-8-6-13(7-9-14)11-16(19(27)28)20(2,3)4;1-2/h6-10,16H,11H2,1-5H3,(H,27,28);1-2H3. The fraction of sp³-hybridized carbons (Fsp3) is 0.478. The van der Waals surface area contributed by atoms with Crippen LogP contribution in [-0.2, 0) is 24.4 Å². The zero-order valence-corrected chi connectivity index (χ0v) is 18.5. The van der Waals surface area contributed by atoms with Crippen molar-refractivity contribution in [2.75, 3.05) is 0 Å². The summed E-state index contributed by atoms with van der Waals surface area (Å²) >= 11 is 0. The average molecular weight is 425 g/mol. The third-order valence-electron chi connectivity index (χ3n) is 5.00. The number of carboxylic acid groups (broad SMARTS) is 1. The highest BCUT2D eigenvalue weighted by Gasteiger charge is 2.36. The van der Waals surface area contributed by atoms with Crippen molar-refractivity contribution < 1.29 is 23.1 Å². The van der Waals surface area contributed by atoms with Crippen molar-refractivity contribution in [3.8, 4) is 11.1 Å². The number of carboxylic acids is 1. The summed E-state index contributed by atoms with van der Waals surface area (Å²) in [5.41, 5.74) is -1.52. The molecule has 0 aliphatic carbocycles. The maximum absolute atomic E-state index is 13.5. The lowest BCUT2D eigenvalue weighted by Crippen LogP contribution is -2.30. The SMILES string of the molecule is CC.Cc1cc(C(F)(F)F)c(-c2ccc(CC(C(=O)O)C(C)(C)C)cc2)c(=O)n1C. The number of hydrogen-bond acceptors (Lipinski definition) is 2. The third-order valence-corrected chi connectivity index (χ3v) is 5.00. The number of aliphatic carboxylic acids is 1. The van der Waals surface area contributed by atoms with Gasteiger partial charge in [-0.05, 0) is 36.0 Å². The van der Waals surface area contributed by atoms with Crippen molar-refractivity contribution in [1.82, 2.24) is 4.57 Å². The Kier molecular flexibility index (Phi) is 8.06. The van der Waals surface area contributed by atoms with Crippen LogP contribution in [0.25, 0.3) is 11.1 Å². The number of benzene rings is 1. The van der Waals surface area contributed by atoms with E-state index in [0.717, 1.165) is 6.07 Å². The monoisotopic (exact) mass is 425 g/mol. The van der Waals surface area contributed by atoms with E-state index in [1.165, 1.54) is 30.7 Å². The molecule has 4 nitrogen and oxygen atoms in total. The predicted molar refractivity (Wildman–Crippen MR) is 112 cm³/mol. The lowest BCUT2D eigenvalue weighted by molar-refractivity contribution is -0.145. The van der Waals surface area contributed by atoms with E-state index < -0.39 is 40.2 Å². The zero-order valence-electron chi connectivity index (χ0n) is 18.5. The molecule has 1 atom stereocenters. The van der Waals surface area contributed by atoms with Crippen molar-refractivity contribution in [3.63, 3.8) is 0 Å². The van der Waals surface area contributed by atoms with E-state index in [9.17, 15) is 27.9 Å². The van der Waals surface area contributed by atoms with E-state index >= 15 is 0 Å². The van der Waals surface area contributed by atoms with Crippen molar-refractivity contribution in [2.45, 2.75) is 54.1 Å². The molecule has 0 amide bonds. The Morgan fingerprint density at radius 3 is 2.00 bits per heavy atom. The van der Waals surface area contributed by atoms with Crippen LogP contribution >= 0.6 is 0 Å². The molecule has 1 N–H and O–H groups in total. The van der Waals surface area contributed by atoms with E-state index in [4.69, 9.17) is 0 Å². The molecule has 0 fully saturated rings. The summed E-state index contributed by atoms with van der Waals surface area (Å²) in [5, 5.41) is 9.45. The predicted octanol–water partition coefficient (Wildman–Crippen LogP) is 5.70. The Morgan fingerprint density at radius 1 is 1.10 bits per heavy atom. The molecule has 1 heterocycles. The number of alkyl halides is 3. The number of pyridine rings is 1. The summed E-state index contributed by atoms with van der Waals surface area (Å²) in [6.07, 6.45) is -4.41. The van der Waals surface area contributed by atoms with Gasteiger partial charge in [-0.1, -0.05) is 58.9 Å². The van der Waals surface area contributed by atoms with Crippen molar-refractivity contribution in [3.05, 3.63) is 57.5 Å². The highest BCUT2D eigenvalue weighted by atomic mass is 19.4. The van der Waals surface area contributed by atoms with Gasteiger partial charge in [0, 0.05) is 12.7 Å². The van der Waals surface area contributed by atoms with Crippen LogP contribution < -0.4 is 5.56 Å². The maximum atomic E-state index is 13.5. The van der Waals surface area contributed by atoms with Gasteiger partial charge in [0.15, 0.2) is 0 Å². The Hall–Kier alpha value is -2.57. The third kappa shape index (κ3) is 5.74. The fourth-order valence-electron chi connectivity index (χ4n) is 3.13. The summed E-state index contributed by atoms with van der Waals surface area (Å²) in [6, 6.07) is 7.01. The molecular formula is C23H30F3NO3. The van der Waals surface area contributed by atoms with Crippen molar-refractivity contribution >= 4 is 5.97 Å². The lowest BCUT2D eigenvalue weighted by Gasteiger charge is -2.27. The molecule has 7 heteroatoms. The Balaban J connectivity index is 0.00000218. The average Bonchev–Trinajstić information content (AvgIpc) is 2.64. The number of aryl methyl sites for hydroxylation is 1. The number of halogens is 3. The van der Waals surface area contributed by atoms with Gasteiger partial charge >= 0.3 is 12.1 Å². The Morgan fingerprint density at radius 2 is 1.60 bits per heavy atom. The van der Waals surface area contributed by atoms with Crippen LogP contribution in [0.5, 0.6) is 0 Å². The first kappa shape index (κ1) is 25.5. The minimum Gasteiger partial charge on any atom is -0.481 e. The summed E-state index contributed by atoms with van der Waals surface area (Å²) in [6.45, 7) is 10.9. The molecule has 0 aliphatic rings. The Labute approximate surface area is 175 Å². The van der Waals surface area contributed by atoms with Gasteiger partial charge in [-0.2, -0.15) is 13.2 Å². The highest BCUT2D eigenvalue weighted by Crippen LogP contribution is 2.36. The van der Waals surface area contributed by atoms with Gasteiger partial charge in [0.1, 0.15) is 0 Å². The molecular weight excluding hydrogens is 395 g/mol. The van der Waals surface area contributed by atoms with Crippen LogP contribution in [0.4, 0.5) is 13.2 Å². The zero-order chi connectivity index (χ0) is 23.4. The lowest BCUT2D eigenvalue weighted by atomic mass is 9.77. The van der Waals surface area contributed by atoms with Crippen LogP contribution in [0.1, 0.15) is 51.4 Å². The van der Waals surface area contributed by atoms with Gasteiger partial charge in [-0.3, -0.25) is 9.59 Å². The summed E-state index contributed by atoms with van der Waals surface area (Å²) in [4.78, 5) is 24.1. The molecule has 0 saturated carbocycles. The van der Waals surface area contributed by atoms with Crippen LogP contribution in [0.3, 0.4) is 0 Å². The number of hydrogen-bond donors (Lipinski definition) is 1. The van der Waals surface area contributed by atoms with Gasteiger partial charge in [0.2, 0.25) is 0 Å². The molecule has 0 radical (unpaired) electrons. The van der Waals surface area contributed by atoms with Crippen LogP contribution in [-0.4, -0.2) is 15.6 Å². The quantitative estimate of drug-likeness (QED) is 0.684. The second kappa shape index (κ2) is 9.49. The van der Waals surface area contributed by atoms with E-state index in [0.29, 0.717) is 5.56 Å². The topological polar surface area (TPSA) is 59.3 Å². The van der Waals surface area contributed by atoms with Crippen LogP contribution in [0, 0.1) is 18.3 Å². The first-order valence-electron chi connectivity index (χ1n) is 9.83. The van der Waals surface area contributed by atoms with Gasteiger partial charge in [-0.25, -0.2) is 0 Å². The van der Waals surface area contributed by atoms with Gasteiger partial charge in [0.05, 0.1) is 17.0 Å². The van der Waals surface area contributed by atoms with Gasteiger partial charge < -0.3 is 9.67 Å². The molecule has 0 saturated heterocycles. The minimum atomic E-state index is -4.66. The first-order chi connectivity index (χ1) is 13.7. The largest absolute Gasteiger partial charge is 0.481 e. The van der Waals surface area contributed by atoms with E-state index in [2.05, 4.69) is 0 Å². The number of aromatic nitrogens is 1. The van der Waals surface area contributed by atoms with Crippen LogP contribution in [0.15, 0.2) is 35.1 Å². The van der Waals surface area contributed by atoms with Crippen LogP contribution in [0.2, 0.25) is 0 Å². The second-order valence-electron chi connectivity index (χ2n) is 8.09. The van der Waals surface area contributed by atoms with Crippen molar-refractivity contribution in [1.29, 1.82) is 0 Å². The number of rotatable bonds is 4. The summed E-state index contributed by atoms with van der Waals surface area (Å²) in [7, 11) is 1.43. The normalized spacial score (nSPS) is 12.7. The Bertz CT molecular complexity index is 936. The van der Waals surface area contributed by atoms with E-state index in [-0.39, 0.29) is 17.7 Å². The fourth-order valence-corrected chi connectivity index (χ4v) is 3.13. The second-order valence-corrected chi connectivity index (χ2v) is 8.09. The summed E-state index contributed by atoms with van der Waals surface area (Å²) < 4.78 is 41.6. The highest BCUT2D eigenvalue weighted by molar-refractivity contribution is 5.72. The maximum Gasteiger partial charge on any atom is 0.417 e. The van der Waals surface area contributed by atoms with Crippen molar-refractivity contribution in [2.24, 2.45) is 18.4 Å². The van der Waals surface area contributed by atoms with Gasteiger partial charge in [0.25, 0.3) is 5.56 Å². The summed E-state index contributed by atoms with van der Waals surface area (Å²) in [5.74, 6) is -1.57. The minimum absolute atomic E-state index is 0.152. The molecule has 2 rings (SSSR count). The molecule has 166 valence electrons. The molecule has 1 aromatic carbocycles. The van der Waals surface area contributed by atoms with E-state index in [1.54, 1.807) is 12.1 Å². The van der Waals surface area contributed by atoms with Gasteiger partial charge in [-0.15, -0.1) is 0 Å². The molecule has 1 aromatic heterocycles.